The van der Waals surface area contributed by atoms with Crippen LogP contribution in [0.1, 0.15) is 19.5 Å². The molecule has 100 valence electrons. The number of nitrogens with zero attached hydrogens (tertiary/aromatic N) is 2. The summed E-state index contributed by atoms with van der Waals surface area (Å²) in [4.78, 5) is 8.74. The Morgan fingerprint density at radius 2 is 1.79 bits per heavy atom. The first-order valence-electron chi connectivity index (χ1n) is 5.94. The standard InChI is InChI=1S/C14H13Cl3N2/c1-8(2)5-10-7-13(17)19-14(18-10)11-4-3-9(15)6-12(11)16/h3-4,6-8H,5H2,1-2H3. The third-order valence-corrected chi connectivity index (χ3v) is 3.28. The third kappa shape index (κ3) is 3.82. The van der Waals surface area contributed by atoms with Crippen LogP contribution in [-0.4, -0.2) is 9.97 Å². The predicted octanol–water partition coefficient (Wildman–Crippen LogP) is 5.30. The third-order valence-electron chi connectivity index (χ3n) is 2.54. The maximum atomic E-state index is 6.17. The fourth-order valence-corrected chi connectivity index (χ4v) is 2.48. The first-order chi connectivity index (χ1) is 8.95. The minimum Gasteiger partial charge on any atom is -0.233 e. The monoisotopic (exact) mass is 314 g/mol. The zero-order valence-electron chi connectivity index (χ0n) is 10.6. The smallest absolute Gasteiger partial charge is 0.162 e. The van der Waals surface area contributed by atoms with Crippen LogP contribution in [-0.2, 0) is 6.42 Å². The van der Waals surface area contributed by atoms with Crippen molar-refractivity contribution in [2.24, 2.45) is 5.92 Å². The van der Waals surface area contributed by atoms with Gasteiger partial charge in [-0.3, -0.25) is 0 Å². The van der Waals surface area contributed by atoms with E-state index in [2.05, 4.69) is 23.8 Å². The Kier molecular flexibility index (Phi) is 4.67. The van der Waals surface area contributed by atoms with E-state index in [0.717, 1.165) is 17.7 Å². The molecule has 2 aromatic rings. The van der Waals surface area contributed by atoms with Gasteiger partial charge in [-0.05, 0) is 36.6 Å². The first kappa shape index (κ1) is 14.6. The van der Waals surface area contributed by atoms with Crippen LogP contribution in [0, 0.1) is 5.92 Å². The van der Waals surface area contributed by atoms with Crippen LogP contribution in [0.5, 0.6) is 0 Å². The van der Waals surface area contributed by atoms with E-state index < -0.39 is 0 Å². The van der Waals surface area contributed by atoms with E-state index in [-0.39, 0.29) is 0 Å². The summed E-state index contributed by atoms with van der Waals surface area (Å²) < 4.78 is 0. The molecule has 0 saturated carbocycles. The van der Waals surface area contributed by atoms with Gasteiger partial charge in [0.15, 0.2) is 5.82 Å². The molecular formula is C14H13Cl3N2. The number of hydrogen-bond acceptors (Lipinski definition) is 2. The highest BCUT2D eigenvalue weighted by molar-refractivity contribution is 6.36. The molecule has 0 radical (unpaired) electrons. The number of hydrogen-bond donors (Lipinski definition) is 0. The lowest BCUT2D eigenvalue weighted by atomic mass is 10.1. The Labute approximate surface area is 127 Å². The summed E-state index contributed by atoms with van der Waals surface area (Å²) in [5, 5.41) is 1.52. The molecule has 0 saturated heterocycles. The van der Waals surface area contributed by atoms with Crippen LogP contribution >= 0.6 is 34.8 Å². The lowest BCUT2D eigenvalue weighted by Gasteiger charge is -2.08. The molecule has 2 rings (SSSR count). The summed E-state index contributed by atoms with van der Waals surface area (Å²) in [6.07, 6.45) is 0.848. The fourth-order valence-electron chi connectivity index (χ4n) is 1.78. The number of halogens is 3. The highest BCUT2D eigenvalue weighted by Crippen LogP contribution is 2.29. The van der Waals surface area contributed by atoms with Crippen molar-refractivity contribution in [3.05, 3.63) is 45.2 Å². The maximum absolute atomic E-state index is 6.17. The Morgan fingerprint density at radius 1 is 1.05 bits per heavy atom. The van der Waals surface area contributed by atoms with Crippen molar-refractivity contribution in [3.8, 4) is 11.4 Å². The van der Waals surface area contributed by atoms with E-state index >= 15 is 0 Å². The molecule has 0 fully saturated rings. The van der Waals surface area contributed by atoms with Gasteiger partial charge in [-0.25, -0.2) is 9.97 Å². The van der Waals surface area contributed by atoms with Gasteiger partial charge < -0.3 is 0 Å². The van der Waals surface area contributed by atoms with E-state index in [9.17, 15) is 0 Å². The second-order valence-corrected chi connectivity index (χ2v) is 5.96. The van der Waals surface area contributed by atoms with Crippen LogP contribution in [0.3, 0.4) is 0 Å². The van der Waals surface area contributed by atoms with Gasteiger partial charge in [0.1, 0.15) is 5.15 Å². The van der Waals surface area contributed by atoms with E-state index in [0.29, 0.717) is 26.9 Å². The molecule has 0 spiro atoms. The molecule has 0 bridgehead atoms. The van der Waals surface area contributed by atoms with E-state index in [1.165, 1.54) is 0 Å². The molecule has 1 aromatic carbocycles. The molecule has 0 aliphatic carbocycles. The summed E-state index contributed by atoms with van der Waals surface area (Å²) in [6.45, 7) is 4.26. The SMILES string of the molecule is CC(C)Cc1cc(Cl)nc(-c2ccc(Cl)cc2Cl)n1. The average Bonchev–Trinajstić information content (AvgIpc) is 2.26. The summed E-state index contributed by atoms with van der Waals surface area (Å²) in [5.41, 5.74) is 1.65. The van der Waals surface area contributed by atoms with E-state index in [4.69, 9.17) is 34.8 Å². The maximum Gasteiger partial charge on any atom is 0.162 e. The first-order valence-corrected chi connectivity index (χ1v) is 7.08. The van der Waals surface area contributed by atoms with E-state index in [1.807, 2.05) is 0 Å². The number of aromatic nitrogens is 2. The molecule has 2 nitrogen and oxygen atoms in total. The number of benzene rings is 1. The minimum absolute atomic E-state index is 0.423. The van der Waals surface area contributed by atoms with Crippen LogP contribution in [0.25, 0.3) is 11.4 Å². The molecule has 1 aromatic heterocycles. The van der Waals surface area contributed by atoms with Gasteiger partial charge in [-0.1, -0.05) is 48.7 Å². The van der Waals surface area contributed by atoms with Crippen molar-refractivity contribution in [1.82, 2.24) is 9.97 Å². The molecule has 0 amide bonds. The van der Waals surface area contributed by atoms with Gasteiger partial charge in [0.05, 0.1) is 5.02 Å². The molecule has 19 heavy (non-hydrogen) atoms. The molecule has 0 aliphatic rings. The van der Waals surface area contributed by atoms with Crippen LogP contribution in [0.15, 0.2) is 24.3 Å². The van der Waals surface area contributed by atoms with E-state index in [1.54, 1.807) is 24.3 Å². The molecule has 0 aliphatic heterocycles. The van der Waals surface area contributed by atoms with Gasteiger partial charge in [0.2, 0.25) is 0 Å². The van der Waals surface area contributed by atoms with Crippen molar-refractivity contribution in [2.75, 3.05) is 0 Å². The quantitative estimate of drug-likeness (QED) is 0.718. The van der Waals surface area contributed by atoms with Crippen LogP contribution in [0.4, 0.5) is 0 Å². The van der Waals surface area contributed by atoms with Crippen molar-refractivity contribution in [1.29, 1.82) is 0 Å². The average molecular weight is 316 g/mol. The van der Waals surface area contributed by atoms with Gasteiger partial charge in [0.25, 0.3) is 0 Å². The van der Waals surface area contributed by atoms with Gasteiger partial charge >= 0.3 is 0 Å². The number of rotatable bonds is 3. The molecule has 5 heteroatoms. The summed E-state index contributed by atoms with van der Waals surface area (Å²) in [6, 6.07) is 7.02. The molecule has 1 heterocycles. The molecular weight excluding hydrogens is 303 g/mol. The normalized spacial score (nSPS) is 11.1. The predicted molar refractivity (Wildman–Crippen MR) is 81.0 cm³/mol. The summed E-state index contributed by atoms with van der Waals surface area (Å²) in [5.74, 6) is 1.03. The van der Waals surface area contributed by atoms with Crippen LogP contribution < -0.4 is 0 Å². The topological polar surface area (TPSA) is 25.8 Å². The second kappa shape index (κ2) is 6.08. The molecule has 0 unspecified atom stereocenters. The summed E-state index contributed by atoms with van der Waals surface area (Å²) >= 11 is 18.1. The largest absolute Gasteiger partial charge is 0.233 e. The zero-order valence-corrected chi connectivity index (χ0v) is 12.9. The Morgan fingerprint density at radius 3 is 2.42 bits per heavy atom. The van der Waals surface area contributed by atoms with Gasteiger partial charge in [-0.15, -0.1) is 0 Å². The Bertz CT molecular complexity index is 597. The highest BCUT2D eigenvalue weighted by Gasteiger charge is 2.10. The van der Waals surface area contributed by atoms with Crippen LogP contribution in [0.2, 0.25) is 15.2 Å². The van der Waals surface area contributed by atoms with Crippen molar-refractivity contribution in [2.45, 2.75) is 20.3 Å². The second-order valence-electron chi connectivity index (χ2n) is 4.73. The Hall–Kier alpha value is -0.830. The van der Waals surface area contributed by atoms with Crippen molar-refractivity contribution < 1.29 is 0 Å². The fraction of sp³-hybridized carbons (Fsp3) is 0.286. The highest BCUT2D eigenvalue weighted by atomic mass is 35.5. The van der Waals surface area contributed by atoms with Gasteiger partial charge in [0, 0.05) is 16.3 Å². The van der Waals surface area contributed by atoms with Crippen molar-refractivity contribution in [3.63, 3.8) is 0 Å². The Balaban J connectivity index is 2.46. The lowest BCUT2D eigenvalue weighted by Crippen LogP contribution is -2.01. The molecule has 0 atom stereocenters. The zero-order chi connectivity index (χ0) is 14.0. The lowest BCUT2D eigenvalue weighted by molar-refractivity contribution is 0.634. The molecule has 0 N–H and O–H groups in total. The minimum atomic E-state index is 0.423. The van der Waals surface area contributed by atoms with Gasteiger partial charge in [-0.2, -0.15) is 0 Å². The van der Waals surface area contributed by atoms with Crippen molar-refractivity contribution >= 4 is 34.8 Å². The summed E-state index contributed by atoms with van der Waals surface area (Å²) in [7, 11) is 0.